The van der Waals surface area contributed by atoms with Gasteiger partial charge in [-0.1, -0.05) is 44.2 Å². The minimum atomic E-state index is -0.0260. The Morgan fingerprint density at radius 1 is 1.12 bits per heavy atom. The molecule has 0 radical (unpaired) electrons. The Morgan fingerprint density at radius 2 is 1.92 bits per heavy atom. The number of benzene rings is 2. The fraction of sp³-hybridized carbons (Fsp3) is 0.318. The topological polar surface area (TPSA) is 51.5 Å². The van der Waals surface area contributed by atoms with Gasteiger partial charge in [-0.3, -0.25) is 4.79 Å². The summed E-state index contributed by atoms with van der Waals surface area (Å²) in [4.78, 5) is 12.7. The van der Waals surface area contributed by atoms with Crippen LogP contribution in [0.5, 0.6) is 5.75 Å². The van der Waals surface area contributed by atoms with E-state index >= 15 is 0 Å². The van der Waals surface area contributed by atoms with E-state index in [1.54, 1.807) is 12.1 Å². The third-order valence-corrected chi connectivity index (χ3v) is 4.15. The lowest BCUT2D eigenvalue weighted by Gasteiger charge is -2.09. The second-order valence-corrected chi connectivity index (χ2v) is 6.80. The Bertz CT molecular complexity index is 900. The van der Waals surface area contributed by atoms with Crippen molar-refractivity contribution < 1.29 is 9.15 Å². The van der Waals surface area contributed by atoms with E-state index in [0.717, 1.165) is 30.8 Å². The summed E-state index contributed by atoms with van der Waals surface area (Å²) >= 11 is 0. The van der Waals surface area contributed by atoms with Gasteiger partial charge in [-0.05, 0) is 43.1 Å². The highest BCUT2D eigenvalue weighted by Crippen LogP contribution is 2.23. The molecule has 3 rings (SSSR count). The van der Waals surface area contributed by atoms with Gasteiger partial charge < -0.3 is 14.5 Å². The van der Waals surface area contributed by atoms with Gasteiger partial charge in [-0.15, -0.1) is 0 Å². The molecule has 1 aromatic heterocycles. The second kappa shape index (κ2) is 8.68. The third kappa shape index (κ3) is 4.52. The summed E-state index contributed by atoms with van der Waals surface area (Å²) in [7, 11) is 0. The Labute approximate surface area is 153 Å². The van der Waals surface area contributed by atoms with Crippen molar-refractivity contribution in [2.75, 3.05) is 19.7 Å². The van der Waals surface area contributed by atoms with Crippen LogP contribution in [0, 0.1) is 5.92 Å². The van der Waals surface area contributed by atoms with Gasteiger partial charge in [-0.25, -0.2) is 0 Å². The van der Waals surface area contributed by atoms with Crippen molar-refractivity contribution in [3.8, 4) is 16.9 Å². The van der Waals surface area contributed by atoms with E-state index in [-0.39, 0.29) is 5.43 Å². The summed E-state index contributed by atoms with van der Waals surface area (Å²) in [5.41, 5.74) is 1.95. The normalized spacial score (nSPS) is 11.2. The van der Waals surface area contributed by atoms with E-state index < -0.39 is 0 Å². The smallest absolute Gasteiger partial charge is 0.200 e. The van der Waals surface area contributed by atoms with Crippen LogP contribution >= 0.6 is 0 Å². The summed E-state index contributed by atoms with van der Waals surface area (Å²) < 4.78 is 11.5. The standard InChI is InChI=1S/C22H25NO3/c1-16(2)14-23-11-6-12-25-18-9-10-19-21(13-18)26-15-20(22(19)24)17-7-4-3-5-8-17/h3-5,7-10,13,15-16,23H,6,11-12,14H2,1-2H3. The molecular weight excluding hydrogens is 326 g/mol. The number of nitrogens with one attached hydrogen (secondary N) is 1. The summed E-state index contributed by atoms with van der Waals surface area (Å²) in [6, 6.07) is 14.9. The molecule has 0 aliphatic carbocycles. The predicted molar refractivity (Wildman–Crippen MR) is 106 cm³/mol. The fourth-order valence-corrected chi connectivity index (χ4v) is 2.79. The molecule has 4 nitrogen and oxygen atoms in total. The zero-order chi connectivity index (χ0) is 18.4. The number of hydrogen-bond donors (Lipinski definition) is 1. The lowest BCUT2D eigenvalue weighted by Crippen LogP contribution is -2.22. The SMILES string of the molecule is CC(C)CNCCCOc1ccc2c(=O)c(-c3ccccc3)coc2c1. The van der Waals surface area contributed by atoms with E-state index in [0.29, 0.717) is 29.1 Å². The first kappa shape index (κ1) is 18.2. The molecule has 0 atom stereocenters. The van der Waals surface area contributed by atoms with E-state index in [2.05, 4.69) is 19.2 Å². The average molecular weight is 351 g/mol. The monoisotopic (exact) mass is 351 g/mol. The van der Waals surface area contributed by atoms with Gasteiger partial charge in [0.25, 0.3) is 0 Å². The van der Waals surface area contributed by atoms with Crippen LogP contribution in [-0.4, -0.2) is 19.7 Å². The Hall–Kier alpha value is -2.59. The van der Waals surface area contributed by atoms with Gasteiger partial charge in [0.15, 0.2) is 5.43 Å². The Balaban J connectivity index is 1.67. The van der Waals surface area contributed by atoms with Gasteiger partial charge >= 0.3 is 0 Å². The van der Waals surface area contributed by atoms with E-state index in [9.17, 15) is 4.79 Å². The molecule has 26 heavy (non-hydrogen) atoms. The van der Waals surface area contributed by atoms with Crippen LogP contribution in [0.15, 0.2) is 64.0 Å². The first-order valence-electron chi connectivity index (χ1n) is 9.09. The predicted octanol–water partition coefficient (Wildman–Crippen LogP) is 4.47. The third-order valence-electron chi connectivity index (χ3n) is 4.15. The molecule has 0 bridgehead atoms. The maximum absolute atomic E-state index is 12.7. The molecule has 0 saturated carbocycles. The molecule has 4 heteroatoms. The molecule has 0 fully saturated rings. The van der Waals surface area contributed by atoms with Gasteiger partial charge in [0.05, 0.1) is 17.6 Å². The van der Waals surface area contributed by atoms with Crippen LogP contribution in [0.1, 0.15) is 20.3 Å². The van der Waals surface area contributed by atoms with Crippen molar-refractivity contribution in [1.82, 2.24) is 5.32 Å². The molecular formula is C22H25NO3. The molecule has 0 amide bonds. The minimum absolute atomic E-state index is 0.0260. The molecule has 2 aromatic carbocycles. The van der Waals surface area contributed by atoms with Gasteiger partial charge in [-0.2, -0.15) is 0 Å². The van der Waals surface area contributed by atoms with Crippen LogP contribution in [0.3, 0.4) is 0 Å². The summed E-state index contributed by atoms with van der Waals surface area (Å²) in [5, 5.41) is 3.96. The maximum atomic E-state index is 12.7. The average Bonchev–Trinajstić information content (AvgIpc) is 2.65. The van der Waals surface area contributed by atoms with Crippen LogP contribution in [-0.2, 0) is 0 Å². The molecule has 136 valence electrons. The summed E-state index contributed by atoms with van der Waals surface area (Å²) in [6.45, 7) is 6.96. The zero-order valence-electron chi connectivity index (χ0n) is 15.3. The molecule has 1 heterocycles. The molecule has 1 N–H and O–H groups in total. The number of fused-ring (bicyclic) bond motifs is 1. The van der Waals surface area contributed by atoms with Gasteiger partial charge in [0.2, 0.25) is 0 Å². The van der Waals surface area contributed by atoms with E-state index in [1.807, 2.05) is 36.4 Å². The highest BCUT2D eigenvalue weighted by atomic mass is 16.5. The van der Waals surface area contributed by atoms with Crippen LogP contribution in [0.25, 0.3) is 22.1 Å². The number of hydrogen-bond acceptors (Lipinski definition) is 4. The molecule has 0 aliphatic heterocycles. The Morgan fingerprint density at radius 3 is 2.69 bits per heavy atom. The van der Waals surface area contributed by atoms with Crippen LogP contribution in [0.4, 0.5) is 0 Å². The molecule has 0 saturated heterocycles. The van der Waals surface area contributed by atoms with Gasteiger partial charge in [0.1, 0.15) is 17.6 Å². The van der Waals surface area contributed by atoms with Crippen molar-refractivity contribution in [3.63, 3.8) is 0 Å². The molecule has 3 aromatic rings. The minimum Gasteiger partial charge on any atom is -0.493 e. The molecule has 0 unspecified atom stereocenters. The highest BCUT2D eigenvalue weighted by molar-refractivity contribution is 5.82. The maximum Gasteiger partial charge on any atom is 0.200 e. The largest absolute Gasteiger partial charge is 0.493 e. The van der Waals surface area contributed by atoms with Crippen molar-refractivity contribution in [3.05, 3.63) is 65.0 Å². The molecule has 0 spiro atoms. The van der Waals surface area contributed by atoms with Crippen molar-refractivity contribution in [2.24, 2.45) is 5.92 Å². The Kier molecular flexibility index (Phi) is 6.08. The zero-order valence-corrected chi connectivity index (χ0v) is 15.3. The van der Waals surface area contributed by atoms with Crippen molar-refractivity contribution in [1.29, 1.82) is 0 Å². The first-order chi connectivity index (χ1) is 12.6. The fourth-order valence-electron chi connectivity index (χ4n) is 2.79. The van der Waals surface area contributed by atoms with Crippen molar-refractivity contribution >= 4 is 11.0 Å². The van der Waals surface area contributed by atoms with E-state index in [1.165, 1.54) is 6.26 Å². The number of rotatable bonds is 8. The lowest BCUT2D eigenvalue weighted by molar-refractivity contribution is 0.307. The molecule has 0 aliphatic rings. The lowest BCUT2D eigenvalue weighted by atomic mass is 10.1. The number of ether oxygens (including phenoxy) is 1. The quantitative estimate of drug-likeness (QED) is 0.608. The van der Waals surface area contributed by atoms with E-state index in [4.69, 9.17) is 9.15 Å². The van der Waals surface area contributed by atoms with Crippen LogP contribution in [0.2, 0.25) is 0 Å². The van der Waals surface area contributed by atoms with Crippen molar-refractivity contribution in [2.45, 2.75) is 20.3 Å². The highest BCUT2D eigenvalue weighted by Gasteiger charge is 2.09. The summed E-state index contributed by atoms with van der Waals surface area (Å²) in [5.74, 6) is 1.37. The summed E-state index contributed by atoms with van der Waals surface area (Å²) in [6.07, 6.45) is 2.46. The second-order valence-electron chi connectivity index (χ2n) is 6.80. The first-order valence-corrected chi connectivity index (χ1v) is 9.09. The van der Waals surface area contributed by atoms with Gasteiger partial charge in [0, 0.05) is 6.07 Å². The van der Waals surface area contributed by atoms with Crippen LogP contribution < -0.4 is 15.5 Å².